The summed E-state index contributed by atoms with van der Waals surface area (Å²) in [5.41, 5.74) is 0.805. The van der Waals surface area contributed by atoms with Crippen molar-refractivity contribution in [1.82, 2.24) is 4.90 Å². The van der Waals surface area contributed by atoms with E-state index in [-0.39, 0.29) is 18.1 Å². The molecule has 5 nitrogen and oxygen atoms in total. The van der Waals surface area contributed by atoms with Gasteiger partial charge in [-0.25, -0.2) is 0 Å². The molecule has 0 spiro atoms. The van der Waals surface area contributed by atoms with Crippen LogP contribution in [0.5, 0.6) is 5.75 Å². The number of likely N-dealkylation sites (tertiary alicyclic amines) is 1. The minimum Gasteiger partial charge on any atom is -0.497 e. The molecule has 2 aliphatic heterocycles. The molecule has 23 heavy (non-hydrogen) atoms. The molecular formula is C18H24N2O3. The van der Waals surface area contributed by atoms with E-state index >= 15 is 0 Å². The molecule has 0 radical (unpaired) electrons. The molecule has 2 aliphatic rings. The number of benzene rings is 1. The third kappa shape index (κ3) is 4.05. The smallest absolute Gasteiger partial charge is 0.241 e. The molecule has 1 fully saturated rings. The van der Waals surface area contributed by atoms with Gasteiger partial charge in [-0.1, -0.05) is 0 Å². The van der Waals surface area contributed by atoms with Gasteiger partial charge in [-0.05, 0) is 62.6 Å². The Kier molecular flexibility index (Phi) is 5.18. The van der Waals surface area contributed by atoms with E-state index < -0.39 is 0 Å². The van der Waals surface area contributed by atoms with Crippen molar-refractivity contribution in [3.8, 4) is 5.75 Å². The number of nitrogens with zero attached hydrogens (tertiary/aromatic N) is 1. The maximum Gasteiger partial charge on any atom is 0.241 e. The average molecular weight is 316 g/mol. The van der Waals surface area contributed by atoms with Crippen LogP contribution in [-0.2, 0) is 9.53 Å². The fourth-order valence-electron chi connectivity index (χ4n) is 3.22. The van der Waals surface area contributed by atoms with Crippen LogP contribution < -0.4 is 10.1 Å². The second kappa shape index (κ2) is 7.51. The Hall–Kier alpha value is -2.01. The molecule has 1 N–H and O–H groups in total. The van der Waals surface area contributed by atoms with Crippen molar-refractivity contribution in [1.29, 1.82) is 0 Å². The molecule has 0 aromatic heterocycles. The predicted octanol–water partition coefficient (Wildman–Crippen LogP) is 2.79. The molecule has 0 saturated carbocycles. The highest BCUT2D eigenvalue weighted by Gasteiger charge is 2.32. The lowest BCUT2D eigenvalue weighted by atomic mass is 10.1. The first-order valence-electron chi connectivity index (χ1n) is 8.25. The van der Waals surface area contributed by atoms with Gasteiger partial charge in [0.1, 0.15) is 11.9 Å². The van der Waals surface area contributed by atoms with Crippen LogP contribution in [-0.4, -0.2) is 43.2 Å². The van der Waals surface area contributed by atoms with E-state index in [0.29, 0.717) is 0 Å². The van der Waals surface area contributed by atoms with E-state index in [2.05, 4.69) is 10.2 Å². The van der Waals surface area contributed by atoms with Crippen molar-refractivity contribution < 1.29 is 14.3 Å². The van der Waals surface area contributed by atoms with Crippen LogP contribution >= 0.6 is 0 Å². The standard InChI is InChI=1S/C18H24N2O3/c1-22-15-9-7-14(8-10-15)19-18(21)17-6-4-11-20(17)13-16-5-2-3-12-23-16/h3,7-10,12,16-17H,2,4-6,11,13H2,1H3,(H,19,21). The van der Waals surface area contributed by atoms with Crippen molar-refractivity contribution in [3.63, 3.8) is 0 Å². The minimum atomic E-state index is -0.0633. The number of rotatable bonds is 5. The van der Waals surface area contributed by atoms with Crippen molar-refractivity contribution in [2.24, 2.45) is 0 Å². The molecule has 3 rings (SSSR count). The number of nitrogens with one attached hydrogen (secondary N) is 1. The van der Waals surface area contributed by atoms with Crippen LogP contribution in [0.4, 0.5) is 5.69 Å². The summed E-state index contributed by atoms with van der Waals surface area (Å²) >= 11 is 0. The second-order valence-electron chi connectivity index (χ2n) is 6.08. The van der Waals surface area contributed by atoms with Gasteiger partial charge in [0.05, 0.1) is 19.4 Å². The molecule has 2 atom stereocenters. The molecule has 0 bridgehead atoms. The predicted molar refractivity (Wildman–Crippen MR) is 89.5 cm³/mol. The lowest BCUT2D eigenvalue weighted by Crippen LogP contribution is -2.43. The van der Waals surface area contributed by atoms with E-state index in [4.69, 9.17) is 9.47 Å². The Morgan fingerprint density at radius 3 is 2.87 bits per heavy atom. The van der Waals surface area contributed by atoms with Gasteiger partial charge in [0, 0.05) is 12.2 Å². The molecule has 2 unspecified atom stereocenters. The van der Waals surface area contributed by atoms with Crippen molar-refractivity contribution in [2.45, 2.75) is 37.8 Å². The lowest BCUT2D eigenvalue weighted by Gasteiger charge is -2.29. The van der Waals surface area contributed by atoms with Crippen LogP contribution in [0.1, 0.15) is 25.7 Å². The number of allylic oxidation sites excluding steroid dienone is 1. The fraction of sp³-hybridized carbons (Fsp3) is 0.500. The van der Waals surface area contributed by atoms with E-state index in [9.17, 15) is 4.79 Å². The number of amides is 1. The third-order valence-electron chi connectivity index (χ3n) is 4.48. The average Bonchev–Trinajstić information content (AvgIpc) is 3.05. The summed E-state index contributed by atoms with van der Waals surface area (Å²) in [6.45, 7) is 1.79. The summed E-state index contributed by atoms with van der Waals surface area (Å²) in [4.78, 5) is 14.8. The minimum absolute atomic E-state index is 0.0633. The van der Waals surface area contributed by atoms with Crippen molar-refractivity contribution in [2.75, 3.05) is 25.5 Å². The zero-order valence-electron chi connectivity index (χ0n) is 13.5. The van der Waals surface area contributed by atoms with E-state index in [1.165, 1.54) is 0 Å². The molecule has 1 aromatic carbocycles. The first-order chi connectivity index (χ1) is 11.3. The van der Waals surface area contributed by atoms with Gasteiger partial charge in [-0.15, -0.1) is 0 Å². The Morgan fingerprint density at radius 1 is 1.35 bits per heavy atom. The van der Waals surface area contributed by atoms with E-state index in [1.807, 2.05) is 30.3 Å². The Balaban J connectivity index is 1.57. The molecule has 5 heteroatoms. The van der Waals surface area contributed by atoms with Crippen molar-refractivity contribution >= 4 is 11.6 Å². The van der Waals surface area contributed by atoms with Crippen LogP contribution in [0.25, 0.3) is 0 Å². The topological polar surface area (TPSA) is 50.8 Å². The van der Waals surface area contributed by atoms with Crippen LogP contribution in [0.2, 0.25) is 0 Å². The zero-order chi connectivity index (χ0) is 16.1. The maximum absolute atomic E-state index is 12.6. The number of ether oxygens (including phenoxy) is 2. The van der Waals surface area contributed by atoms with Gasteiger partial charge in [0.25, 0.3) is 0 Å². The van der Waals surface area contributed by atoms with Gasteiger partial charge in [0.15, 0.2) is 0 Å². The van der Waals surface area contributed by atoms with E-state index in [1.54, 1.807) is 13.4 Å². The third-order valence-corrected chi connectivity index (χ3v) is 4.48. The highest BCUT2D eigenvalue weighted by atomic mass is 16.5. The van der Waals surface area contributed by atoms with E-state index in [0.717, 1.165) is 50.2 Å². The Morgan fingerprint density at radius 2 is 2.17 bits per heavy atom. The van der Waals surface area contributed by atoms with Gasteiger partial charge in [0.2, 0.25) is 5.91 Å². The van der Waals surface area contributed by atoms with Crippen molar-refractivity contribution in [3.05, 3.63) is 36.6 Å². The van der Waals surface area contributed by atoms with Gasteiger partial charge < -0.3 is 14.8 Å². The summed E-state index contributed by atoms with van der Waals surface area (Å²) in [7, 11) is 1.63. The van der Waals surface area contributed by atoms with Crippen LogP contribution in [0.3, 0.4) is 0 Å². The highest BCUT2D eigenvalue weighted by molar-refractivity contribution is 5.95. The Labute approximate surface area is 137 Å². The SMILES string of the molecule is COc1ccc(NC(=O)C2CCCN2CC2CCC=CO2)cc1. The second-order valence-corrected chi connectivity index (χ2v) is 6.08. The quantitative estimate of drug-likeness (QED) is 0.907. The lowest BCUT2D eigenvalue weighted by molar-refractivity contribution is -0.120. The zero-order valence-corrected chi connectivity index (χ0v) is 13.5. The largest absolute Gasteiger partial charge is 0.497 e. The monoisotopic (exact) mass is 316 g/mol. The molecule has 2 heterocycles. The number of anilines is 1. The van der Waals surface area contributed by atoms with Crippen LogP contribution in [0, 0.1) is 0 Å². The summed E-state index contributed by atoms with van der Waals surface area (Å²) in [5, 5.41) is 3.01. The molecule has 124 valence electrons. The van der Waals surface area contributed by atoms with Gasteiger partial charge in [-0.2, -0.15) is 0 Å². The summed E-state index contributed by atoms with van der Waals surface area (Å²) in [5.74, 6) is 0.854. The molecule has 0 aliphatic carbocycles. The molecular weight excluding hydrogens is 292 g/mol. The summed E-state index contributed by atoms with van der Waals surface area (Å²) in [6, 6.07) is 7.37. The number of carbonyl (C=O) groups excluding carboxylic acids is 1. The Bertz CT molecular complexity index is 556. The normalized spacial score (nSPS) is 24.2. The number of methoxy groups -OCH3 is 1. The van der Waals surface area contributed by atoms with Gasteiger partial charge >= 0.3 is 0 Å². The maximum atomic E-state index is 12.6. The molecule has 1 amide bonds. The first-order valence-corrected chi connectivity index (χ1v) is 8.25. The van der Waals surface area contributed by atoms with Gasteiger partial charge in [-0.3, -0.25) is 9.69 Å². The highest BCUT2D eigenvalue weighted by Crippen LogP contribution is 2.22. The number of hydrogen-bond donors (Lipinski definition) is 1. The number of hydrogen-bond acceptors (Lipinski definition) is 4. The first kappa shape index (κ1) is 15.9. The van der Waals surface area contributed by atoms with Crippen LogP contribution in [0.15, 0.2) is 36.6 Å². The number of carbonyl (C=O) groups is 1. The molecule has 1 saturated heterocycles. The molecule has 1 aromatic rings. The summed E-state index contributed by atoms with van der Waals surface area (Å²) in [6.07, 6.45) is 8.09. The summed E-state index contributed by atoms with van der Waals surface area (Å²) < 4.78 is 10.8. The fourth-order valence-corrected chi connectivity index (χ4v) is 3.22.